The molecule has 0 saturated heterocycles. The average Bonchev–Trinajstić information content (AvgIpc) is 2.83. The lowest BCUT2D eigenvalue weighted by atomic mass is 9.80. The number of aryl methyl sites for hydroxylation is 3. The highest BCUT2D eigenvalue weighted by Crippen LogP contribution is 2.44. The summed E-state index contributed by atoms with van der Waals surface area (Å²) in [5.74, 6) is 0. The summed E-state index contributed by atoms with van der Waals surface area (Å²) in [7, 11) is 2.21. The molecule has 0 spiro atoms. The first-order valence-corrected chi connectivity index (χ1v) is 8.33. The van der Waals surface area contributed by atoms with Gasteiger partial charge in [-0.3, -0.25) is 0 Å². The number of rotatable bonds is 1. The first kappa shape index (κ1) is 13.0. The van der Waals surface area contributed by atoms with Gasteiger partial charge in [-0.15, -0.1) is 0 Å². The summed E-state index contributed by atoms with van der Waals surface area (Å²) in [6.07, 6.45) is 2.42. The van der Waals surface area contributed by atoms with Gasteiger partial charge in [0.1, 0.15) is 0 Å². The van der Waals surface area contributed by atoms with Gasteiger partial charge < -0.3 is 4.57 Å². The van der Waals surface area contributed by atoms with Gasteiger partial charge in [-0.2, -0.15) is 0 Å². The number of hydrogen-bond acceptors (Lipinski definition) is 0. The maximum Gasteiger partial charge on any atom is 0.0518 e. The summed E-state index contributed by atoms with van der Waals surface area (Å²) in [5, 5.41) is 2.81. The first-order valence-electron chi connectivity index (χ1n) is 8.33. The van der Waals surface area contributed by atoms with Gasteiger partial charge in [-0.1, -0.05) is 48.5 Å². The number of para-hydroxylation sites is 1. The van der Waals surface area contributed by atoms with E-state index < -0.39 is 0 Å². The molecule has 0 saturated carbocycles. The van der Waals surface area contributed by atoms with Crippen LogP contribution in [0, 0.1) is 6.92 Å². The van der Waals surface area contributed by atoms with E-state index in [-0.39, 0.29) is 0 Å². The molecule has 1 nitrogen and oxygen atoms in total. The molecular formula is C22H19N. The van der Waals surface area contributed by atoms with Crippen molar-refractivity contribution in [2.24, 2.45) is 7.05 Å². The summed E-state index contributed by atoms with van der Waals surface area (Å²) in [5.41, 5.74) is 9.97. The van der Waals surface area contributed by atoms with E-state index in [0.29, 0.717) is 0 Å². The molecule has 3 aromatic carbocycles. The lowest BCUT2D eigenvalue weighted by molar-refractivity contribution is 0.844. The molecule has 1 heterocycles. The van der Waals surface area contributed by atoms with Crippen LogP contribution in [0.5, 0.6) is 0 Å². The normalized spacial score (nSPS) is 13.3. The van der Waals surface area contributed by atoms with Crippen molar-refractivity contribution in [1.82, 2.24) is 4.57 Å². The Morgan fingerprint density at radius 2 is 1.74 bits per heavy atom. The van der Waals surface area contributed by atoms with E-state index in [1.54, 1.807) is 5.56 Å². The monoisotopic (exact) mass is 297 g/mol. The van der Waals surface area contributed by atoms with E-state index >= 15 is 0 Å². The van der Waals surface area contributed by atoms with Crippen LogP contribution in [0.2, 0.25) is 0 Å². The Morgan fingerprint density at radius 1 is 0.913 bits per heavy atom. The predicted molar refractivity (Wildman–Crippen MR) is 98.0 cm³/mol. The fraction of sp³-hybridized carbons (Fsp3) is 0.182. The molecule has 0 N–H and O–H groups in total. The van der Waals surface area contributed by atoms with Crippen molar-refractivity contribution in [2.45, 2.75) is 19.8 Å². The second kappa shape index (κ2) is 4.48. The minimum atomic E-state index is 1.21. The Morgan fingerprint density at radius 3 is 2.48 bits per heavy atom. The van der Waals surface area contributed by atoms with Crippen LogP contribution in [0.4, 0.5) is 0 Å². The maximum atomic E-state index is 2.42. The molecule has 0 bridgehead atoms. The summed E-state index contributed by atoms with van der Waals surface area (Å²) in [6, 6.07) is 20.0. The molecule has 1 aliphatic rings. The fourth-order valence-electron chi connectivity index (χ4n) is 4.24. The zero-order chi connectivity index (χ0) is 15.6. The van der Waals surface area contributed by atoms with Crippen LogP contribution >= 0.6 is 0 Å². The highest BCUT2D eigenvalue weighted by Gasteiger charge is 2.24. The SMILES string of the molecule is Cc1cccc2c3c(-c4ccccc4)c4c(cc3n(C)c12)CC4. The van der Waals surface area contributed by atoms with E-state index in [2.05, 4.69) is 73.1 Å². The molecule has 0 atom stereocenters. The number of aromatic nitrogens is 1. The molecule has 1 heteroatoms. The minimum Gasteiger partial charge on any atom is -0.343 e. The van der Waals surface area contributed by atoms with Crippen LogP contribution in [0.25, 0.3) is 32.9 Å². The van der Waals surface area contributed by atoms with E-state index in [1.807, 2.05) is 0 Å². The first-order chi connectivity index (χ1) is 11.3. The zero-order valence-corrected chi connectivity index (χ0v) is 13.6. The highest BCUT2D eigenvalue weighted by molar-refractivity contribution is 6.16. The average molecular weight is 297 g/mol. The largest absolute Gasteiger partial charge is 0.343 e. The Bertz CT molecular complexity index is 1070. The number of benzene rings is 3. The van der Waals surface area contributed by atoms with Crippen molar-refractivity contribution in [2.75, 3.05) is 0 Å². The lowest BCUT2D eigenvalue weighted by Crippen LogP contribution is -2.10. The van der Waals surface area contributed by atoms with Crippen LogP contribution in [0.15, 0.2) is 54.6 Å². The topological polar surface area (TPSA) is 4.93 Å². The summed E-state index contributed by atoms with van der Waals surface area (Å²) in [6.45, 7) is 2.21. The van der Waals surface area contributed by atoms with Crippen LogP contribution < -0.4 is 0 Å². The molecule has 0 radical (unpaired) electrons. The smallest absolute Gasteiger partial charge is 0.0518 e. The lowest BCUT2D eigenvalue weighted by Gasteiger charge is -2.24. The Labute approximate surface area is 136 Å². The Hall–Kier alpha value is -2.54. The van der Waals surface area contributed by atoms with Gasteiger partial charge in [0.25, 0.3) is 0 Å². The van der Waals surface area contributed by atoms with Crippen molar-refractivity contribution in [1.29, 1.82) is 0 Å². The summed E-state index contributed by atoms with van der Waals surface area (Å²) in [4.78, 5) is 0. The molecule has 0 fully saturated rings. The van der Waals surface area contributed by atoms with Gasteiger partial charge in [0.05, 0.1) is 5.52 Å². The molecule has 4 aromatic rings. The van der Waals surface area contributed by atoms with E-state index in [4.69, 9.17) is 0 Å². The van der Waals surface area contributed by atoms with Gasteiger partial charge in [-0.05, 0) is 53.6 Å². The molecule has 112 valence electrons. The molecule has 23 heavy (non-hydrogen) atoms. The third-order valence-electron chi connectivity index (χ3n) is 5.42. The molecular weight excluding hydrogens is 278 g/mol. The molecule has 1 aliphatic carbocycles. The van der Waals surface area contributed by atoms with E-state index in [9.17, 15) is 0 Å². The van der Waals surface area contributed by atoms with Gasteiger partial charge in [0.15, 0.2) is 0 Å². The summed E-state index contributed by atoms with van der Waals surface area (Å²) >= 11 is 0. The van der Waals surface area contributed by atoms with E-state index in [1.165, 1.54) is 56.9 Å². The number of hydrogen-bond donors (Lipinski definition) is 0. The van der Waals surface area contributed by atoms with Crippen molar-refractivity contribution in [3.05, 3.63) is 71.3 Å². The molecule has 1 aromatic heterocycles. The maximum absolute atomic E-state index is 2.42. The van der Waals surface area contributed by atoms with Gasteiger partial charge in [0.2, 0.25) is 0 Å². The Kier molecular flexibility index (Phi) is 2.52. The molecule has 5 rings (SSSR count). The second-order valence-corrected chi connectivity index (χ2v) is 6.68. The molecule has 0 unspecified atom stereocenters. The van der Waals surface area contributed by atoms with Crippen LogP contribution in [0.3, 0.4) is 0 Å². The van der Waals surface area contributed by atoms with Crippen molar-refractivity contribution < 1.29 is 0 Å². The van der Waals surface area contributed by atoms with Crippen LogP contribution in [-0.4, -0.2) is 4.57 Å². The van der Waals surface area contributed by atoms with Crippen molar-refractivity contribution in [3.8, 4) is 11.1 Å². The van der Waals surface area contributed by atoms with Crippen molar-refractivity contribution >= 4 is 21.8 Å². The van der Waals surface area contributed by atoms with Crippen molar-refractivity contribution in [3.63, 3.8) is 0 Å². The quantitative estimate of drug-likeness (QED) is 0.443. The van der Waals surface area contributed by atoms with Gasteiger partial charge in [0, 0.05) is 23.3 Å². The highest BCUT2D eigenvalue weighted by atomic mass is 14.9. The second-order valence-electron chi connectivity index (χ2n) is 6.68. The number of nitrogens with zero attached hydrogens (tertiary/aromatic N) is 1. The van der Waals surface area contributed by atoms with E-state index in [0.717, 1.165) is 0 Å². The standard InChI is InChI=1S/C22H19N/c1-14-7-6-10-18-21-19(23(2)22(14)18)13-16-11-12-17(16)20(21)15-8-4-3-5-9-15/h3-10,13H,11-12H2,1-2H3. The summed E-state index contributed by atoms with van der Waals surface area (Å²) < 4.78 is 2.38. The predicted octanol–water partition coefficient (Wildman–Crippen LogP) is 5.41. The molecule has 0 aliphatic heterocycles. The van der Waals surface area contributed by atoms with Crippen LogP contribution in [0.1, 0.15) is 16.7 Å². The van der Waals surface area contributed by atoms with Gasteiger partial charge in [-0.25, -0.2) is 0 Å². The van der Waals surface area contributed by atoms with Gasteiger partial charge >= 0.3 is 0 Å². The Balaban J connectivity index is 2.05. The third kappa shape index (κ3) is 1.62. The zero-order valence-electron chi connectivity index (χ0n) is 13.6. The third-order valence-corrected chi connectivity index (χ3v) is 5.42. The van der Waals surface area contributed by atoms with Crippen LogP contribution in [-0.2, 0) is 19.9 Å². The minimum absolute atomic E-state index is 1.21. The number of fused-ring (bicyclic) bond motifs is 4. The molecule has 0 amide bonds. The fourth-order valence-corrected chi connectivity index (χ4v) is 4.24.